The highest BCUT2D eigenvalue weighted by Crippen LogP contribution is 2.31. The molecule has 0 fully saturated rings. The highest BCUT2D eigenvalue weighted by molar-refractivity contribution is 9.10. The summed E-state index contributed by atoms with van der Waals surface area (Å²) in [7, 11) is 1.98. The third-order valence-corrected chi connectivity index (χ3v) is 3.81. The molecule has 4 heteroatoms. The molecular formula is C16H14BrN3. The van der Waals surface area contributed by atoms with Crippen molar-refractivity contribution in [1.29, 1.82) is 0 Å². The molecular weight excluding hydrogens is 314 g/mol. The molecule has 3 rings (SSSR count). The molecule has 1 atom stereocenters. The van der Waals surface area contributed by atoms with E-state index < -0.39 is 0 Å². The van der Waals surface area contributed by atoms with Crippen molar-refractivity contribution in [1.82, 2.24) is 14.8 Å². The van der Waals surface area contributed by atoms with Crippen LogP contribution >= 0.6 is 15.9 Å². The Morgan fingerprint density at radius 2 is 1.75 bits per heavy atom. The number of rotatable bonds is 3. The Bertz CT molecular complexity index is 707. The van der Waals surface area contributed by atoms with Gasteiger partial charge >= 0.3 is 0 Å². The molecule has 0 saturated heterocycles. The van der Waals surface area contributed by atoms with Gasteiger partial charge in [0.05, 0.1) is 5.92 Å². The molecule has 0 amide bonds. The lowest BCUT2D eigenvalue weighted by Gasteiger charge is -2.17. The highest BCUT2D eigenvalue weighted by atomic mass is 79.9. The van der Waals surface area contributed by atoms with E-state index in [0.717, 1.165) is 10.3 Å². The van der Waals surface area contributed by atoms with Crippen molar-refractivity contribution in [3.63, 3.8) is 0 Å². The fourth-order valence-electron chi connectivity index (χ4n) is 2.38. The molecule has 3 aromatic rings. The van der Waals surface area contributed by atoms with Crippen LogP contribution < -0.4 is 0 Å². The van der Waals surface area contributed by atoms with Crippen LogP contribution in [0.25, 0.3) is 0 Å². The number of hydrogen-bond donors (Lipinski definition) is 0. The fourth-order valence-corrected chi connectivity index (χ4v) is 2.79. The number of halogens is 1. The van der Waals surface area contributed by atoms with Crippen molar-refractivity contribution in [3.05, 3.63) is 82.3 Å². The van der Waals surface area contributed by atoms with Crippen LogP contribution in [0.5, 0.6) is 0 Å². The van der Waals surface area contributed by atoms with Gasteiger partial charge in [0, 0.05) is 11.5 Å². The minimum Gasteiger partial charge on any atom is -0.320 e. The smallest absolute Gasteiger partial charge is 0.144 e. The van der Waals surface area contributed by atoms with Crippen LogP contribution in [-0.2, 0) is 7.05 Å². The topological polar surface area (TPSA) is 30.7 Å². The van der Waals surface area contributed by atoms with Gasteiger partial charge in [0.15, 0.2) is 0 Å². The molecule has 1 aromatic heterocycles. The van der Waals surface area contributed by atoms with E-state index in [-0.39, 0.29) is 5.92 Å². The molecule has 0 aliphatic heterocycles. The highest BCUT2D eigenvalue weighted by Gasteiger charge is 2.21. The molecule has 2 aromatic carbocycles. The van der Waals surface area contributed by atoms with Gasteiger partial charge in [0.1, 0.15) is 12.2 Å². The largest absolute Gasteiger partial charge is 0.320 e. The van der Waals surface area contributed by atoms with Crippen LogP contribution in [0.15, 0.2) is 65.4 Å². The summed E-state index contributed by atoms with van der Waals surface area (Å²) in [6, 6.07) is 18.7. The fraction of sp³-hybridized carbons (Fsp3) is 0.125. The Morgan fingerprint density at radius 3 is 2.40 bits per heavy atom. The Morgan fingerprint density at radius 1 is 1.00 bits per heavy atom. The third-order valence-electron chi connectivity index (χ3n) is 3.32. The molecule has 0 saturated carbocycles. The Labute approximate surface area is 126 Å². The van der Waals surface area contributed by atoms with Crippen molar-refractivity contribution >= 4 is 15.9 Å². The van der Waals surface area contributed by atoms with Gasteiger partial charge in [-0.25, -0.2) is 0 Å². The van der Waals surface area contributed by atoms with Crippen LogP contribution in [0.1, 0.15) is 22.9 Å². The number of benzene rings is 2. The Kier molecular flexibility index (Phi) is 3.65. The molecule has 3 nitrogen and oxygen atoms in total. The number of hydrogen-bond acceptors (Lipinski definition) is 2. The first-order chi connectivity index (χ1) is 9.75. The van der Waals surface area contributed by atoms with Crippen molar-refractivity contribution in [2.24, 2.45) is 7.05 Å². The van der Waals surface area contributed by atoms with Crippen LogP contribution in [0.4, 0.5) is 0 Å². The lowest BCUT2D eigenvalue weighted by atomic mass is 9.90. The van der Waals surface area contributed by atoms with Gasteiger partial charge < -0.3 is 4.57 Å². The van der Waals surface area contributed by atoms with E-state index in [4.69, 9.17) is 0 Å². The summed E-state index contributed by atoms with van der Waals surface area (Å²) in [6.45, 7) is 0. The molecule has 0 N–H and O–H groups in total. The molecule has 0 bridgehead atoms. The summed E-state index contributed by atoms with van der Waals surface area (Å²) < 4.78 is 3.04. The molecule has 0 radical (unpaired) electrons. The molecule has 20 heavy (non-hydrogen) atoms. The van der Waals surface area contributed by atoms with E-state index in [0.29, 0.717) is 0 Å². The van der Waals surface area contributed by atoms with Gasteiger partial charge in [0.25, 0.3) is 0 Å². The van der Waals surface area contributed by atoms with Crippen molar-refractivity contribution < 1.29 is 0 Å². The zero-order valence-electron chi connectivity index (χ0n) is 11.1. The molecule has 1 unspecified atom stereocenters. The average molecular weight is 328 g/mol. The first kappa shape index (κ1) is 13.1. The van der Waals surface area contributed by atoms with Crippen LogP contribution in [0, 0.1) is 0 Å². The maximum atomic E-state index is 4.30. The summed E-state index contributed by atoms with van der Waals surface area (Å²) in [5.74, 6) is 1.02. The predicted octanol–water partition coefficient (Wildman–Crippen LogP) is 3.76. The maximum absolute atomic E-state index is 4.30. The summed E-state index contributed by atoms with van der Waals surface area (Å²) in [5.41, 5.74) is 2.41. The zero-order chi connectivity index (χ0) is 13.9. The van der Waals surface area contributed by atoms with Gasteiger partial charge in [-0.1, -0.05) is 58.4 Å². The summed E-state index contributed by atoms with van der Waals surface area (Å²) in [4.78, 5) is 0. The lowest BCUT2D eigenvalue weighted by molar-refractivity contribution is 0.762. The summed E-state index contributed by atoms with van der Waals surface area (Å²) >= 11 is 3.54. The first-order valence-corrected chi connectivity index (χ1v) is 7.19. The van der Waals surface area contributed by atoms with Gasteiger partial charge in [-0.3, -0.25) is 0 Å². The zero-order valence-corrected chi connectivity index (χ0v) is 12.7. The van der Waals surface area contributed by atoms with Crippen molar-refractivity contribution in [2.75, 3.05) is 0 Å². The number of aromatic nitrogens is 3. The maximum Gasteiger partial charge on any atom is 0.144 e. The van der Waals surface area contributed by atoms with E-state index in [2.05, 4.69) is 62.5 Å². The minimum atomic E-state index is 0.0844. The molecule has 0 spiro atoms. The lowest BCUT2D eigenvalue weighted by Crippen LogP contribution is -2.09. The van der Waals surface area contributed by atoms with Gasteiger partial charge in [-0.2, -0.15) is 0 Å². The molecule has 0 aliphatic carbocycles. The average Bonchev–Trinajstić information content (AvgIpc) is 2.87. The van der Waals surface area contributed by atoms with Gasteiger partial charge in [-0.05, 0) is 23.3 Å². The monoisotopic (exact) mass is 327 g/mol. The summed E-state index contributed by atoms with van der Waals surface area (Å²) in [6.07, 6.45) is 1.74. The second-order valence-electron chi connectivity index (χ2n) is 4.70. The standard InChI is InChI=1S/C16H14BrN3/c1-20-11-18-19-16(20)15(12-6-3-2-4-7-12)13-8-5-9-14(17)10-13/h2-11,15H,1H3. The van der Waals surface area contributed by atoms with Crippen LogP contribution in [-0.4, -0.2) is 14.8 Å². The first-order valence-electron chi connectivity index (χ1n) is 6.40. The van der Waals surface area contributed by atoms with E-state index in [1.165, 1.54) is 11.1 Å². The third kappa shape index (κ3) is 2.51. The quantitative estimate of drug-likeness (QED) is 0.733. The van der Waals surface area contributed by atoms with E-state index >= 15 is 0 Å². The van der Waals surface area contributed by atoms with E-state index in [9.17, 15) is 0 Å². The number of aryl methyl sites for hydroxylation is 1. The predicted molar refractivity (Wildman–Crippen MR) is 82.5 cm³/mol. The van der Waals surface area contributed by atoms with Crippen molar-refractivity contribution in [3.8, 4) is 0 Å². The van der Waals surface area contributed by atoms with Gasteiger partial charge in [0.2, 0.25) is 0 Å². The van der Waals surface area contributed by atoms with E-state index in [1.807, 2.05) is 29.8 Å². The Balaban J connectivity index is 2.16. The Hall–Kier alpha value is -1.94. The van der Waals surface area contributed by atoms with Crippen LogP contribution in [0.3, 0.4) is 0 Å². The van der Waals surface area contributed by atoms with Crippen molar-refractivity contribution in [2.45, 2.75) is 5.92 Å². The SMILES string of the molecule is Cn1cnnc1C(c1ccccc1)c1cccc(Br)c1. The minimum absolute atomic E-state index is 0.0844. The normalized spacial score (nSPS) is 12.3. The van der Waals surface area contributed by atoms with Crippen LogP contribution in [0.2, 0.25) is 0 Å². The molecule has 0 aliphatic rings. The second kappa shape index (κ2) is 5.59. The van der Waals surface area contributed by atoms with Gasteiger partial charge in [-0.15, -0.1) is 10.2 Å². The molecule has 1 heterocycles. The summed E-state index contributed by atoms with van der Waals surface area (Å²) in [5, 5.41) is 8.31. The molecule has 100 valence electrons. The van der Waals surface area contributed by atoms with E-state index in [1.54, 1.807) is 6.33 Å². The number of nitrogens with zero attached hydrogens (tertiary/aromatic N) is 3. The second-order valence-corrected chi connectivity index (χ2v) is 5.61.